The molecule has 0 bridgehead atoms. The summed E-state index contributed by atoms with van der Waals surface area (Å²) in [5.41, 5.74) is 0.797. The minimum atomic E-state index is -0.817. The predicted molar refractivity (Wildman–Crippen MR) is 117 cm³/mol. The molecule has 8 nitrogen and oxygen atoms in total. The molecule has 0 saturated carbocycles. The summed E-state index contributed by atoms with van der Waals surface area (Å²) in [5, 5.41) is 12.9. The molecule has 0 spiro atoms. The Bertz CT molecular complexity index is 989. The van der Waals surface area contributed by atoms with Crippen LogP contribution >= 0.6 is 0 Å². The highest BCUT2D eigenvalue weighted by Gasteiger charge is 2.40. The number of ether oxygens (including phenoxy) is 2. The highest BCUT2D eigenvalue weighted by molar-refractivity contribution is 5.94. The second-order valence-corrected chi connectivity index (χ2v) is 8.58. The molecule has 2 aliphatic rings. The highest BCUT2D eigenvalue weighted by atomic mass is 19.1. The van der Waals surface area contributed by atoms with Gasteiger partial charge in [-0.25, -0.2) is 8.78 Å². The van der Waals surface area contributed by atoms with Crippen molar-refractivity contribution < 1.29 is 33.0 Å². The van der Waals surface area contributed by atoms with Gasteiger partial charge >= 0.3 is 0 Å². The lowest BCUT2D eigenvalue weighted by molar-refractivity contribution is -0.151. The van der Waals surface area contributed by atoms with Gasteiger partial charge in [-0.05, 0) is 42.7 Å². The fraction of sp³-hybridized carbons (Fsp3) is 0.458. The van der Waals surface area contributed by atoms with Crippen LogP contribution in [0.25, 0.3) is 0 Å². The lowest BCUT2D eigenvalue weighted by Crippen LogP contribution is -2.57. The van der Waals surface area contributed by atoms with E-state index in [9.17, 15) is 23.5 Å². The molecule has 4 atom stereocenters. The Kier molecular flexibility index (Phi) is 7.81. The number of hydrogen-bond acceptors (Lipinski definition) is 6. The number of aliphatic hydroxyl groups excluding tert-OH is 1. The Balaban J connectivity index is 1.37. The molecule has 2 amide bonds. The third-order valence-corrected chi connectivity index (χ3v) is 5.99. The summed E-state index contributed by atoms with van der Waals surface area (Å²) in [5.74, 6) is -1.93. The molecule has 0 aliphatic carbocycles. The largest absolute Gasteiger partial charge is 0.389 e. The molecule has 0 radical (unpaired) electrons. The number of aromatic nitrogens is 1. The maximum atomic E-state index is 13.3. The quantitative estimate of drug-likeness (QED) is 0.684. The van der Waals surface area contributed by atoms with Crippen molar-refractivity contribution in [1.29, 1.82) is 0 Å². The number of aliphatic hydroxyl groups is 1. The maximum Gasteiger partial charge on any atom is 0.254 e. The first kappa shape index (κ1) is 24.2. The van der Waals surface area contributed by atoms with Crippen LogP contribution in [0.4, 0.5) is 8.78 Å². The van der Waals surface area contributed by atoms with E-state index < -0.39 is 29.9 Å². The van der Waals surface area contributed by atoms with Crippen molar-refractivity contribution in [1.82, 2.24) is 15.2 Å². The van der Waals surface area contributed by atoms with Gasteiger partial charge in [-0.3, -0.25) is 14.6 Å². The maximum absolute atomic E-state index is 13.3. The van der Waals surface area contributed by atoms with E-state index >= 15 is 0 Å². The zero-order valence-corrected chi connectivity index (χ0v) is 18.5. The Labute approximate surface area is 195 Å². The number of rotatable bonds is 5. The van der Waals surface area contributed by atoms with Crippen molar-refractivity contribution >= 4 is 11.8 Å². The van der Waals surface area contributed by atoms with E-state index in [4.69, 9.17) is 9.47 Å². The van der Waals surface area contributed by atoms with Gasteiger partial charge in [0.15, 0.2) is 0 Å². The van der Waals surface area contributed by atoms with Gasteiger partial charge in [0.05, 0.1) is 37.9 Å². The molecule has 2 aliphatic heterocycles. The van der Waals surface area contributed by atoms with Crippen molar-refractivity contribution in [3.05, 3.63) is 65.5 Å². The van der Waals surface area contributed by atoms with E-state index in [1.807, 2.05) is 0 Å². The van der Waals surface area contributed by atoms with Crippen LogP contribution < -0.4 is 5.32 Å². The van der Waals surface area contributed by atoms with Gasteiger partial charge in [0.1, 0.15) is 17.7 Å². The van der Waals surface area contributed by atoms with Crippen molar-refractivity contribution in [3.8, 4) is 0 Å². The second kappa shape index (κ2) is 11.0. The van der Waals surface area contributed by atoms with Crippen molar-refractivity contribution in [2.24, 2.45) is 0 Å². The summed E-state index contributed by atoms with van der Waals surface area (Å²) in [6, 6.07) is 6.04. The molecule has 1 aromatic heterocycles. The third kappa shape index (κ3) is 6.13. The number of carbonyl (C=O) groups excluding carboxylic acids is 2. The lowest BCUT2D eigenvalue weighted by Gasteiger charge is -2.44. The average molecular weight is 475 g/mol. The molecule has 182 valence electrons. The van der Waals surface area contributed by atoms with Gasteiger partial charge in [-0.2, -0.15) is 0 Å². The third-order valence-electron chi connectivity index (χ3n) is 5.99. The summed E-state index contributed by atoms with van der Waals surface area (Å²) in [6.45, 7) is 0.368. The number of nitrogens with zero attached hydrogens (tertiary/aromatic N) is 2. The summed E-state index contributed by atoms with van der Waals surface area (Å²) in [6.07, 6.45) is 2.59. The van der Waals surface area contributed by atoms with Crippen LogP contribution in [0.2, 0.25) is 0 Å². The monoisotopic (exact) mass is 475 g/mol. The molecule has 2 fully saturated rings. The minimum Gasteiger partial charge on any atom is -0.389 e. The smallest absolute Gasteiger partial charge is 0.254 e. The number of carbonyl (C=O) groups is 2. The first-order chi connectivity index (χ1) is 16.4. The number of nitrogens with one attached hydrogen (secondary N) is 1. The molecule has 0 unspecified atom stereocenters. The minimum absolute atomic E-state index is 0.00149. The summed E-state index contributed by atoms with van der Waals surface area (Å²) >= 11 is 0. The fourth-order valence-corrected chi connectivity index (χ4v) is 4.43. The van der Waals surface area contributed by atoms with Crippen LogP contribution in [0.15, 0.2) is 42.7 Å². The summed E-state index contributed by atoms with van der Waals surface area (Å²) in [7, 11) is 0. The number of halogens is 2. The number of pyridine rings is 1. The molecule has 2 N–H and O–H groups in total. The van der Waals surface area contributed by atoms with Crippen LogP contribution in [0.3, 0.4) is 0 Å². The van der Waals surface area contributed by atoms with Crippen LogP contribution in [-0.2, 0) is 20.8 Å². The molecular formula is C24H27F2N3O5. The molecule has 4 rings (SSSR count). The second-order valence-electron chi connectivity index (χ2n) is 8.58. The number of amides is 2. The number of benzene rings is 1. The summed E-state index contributed by atoms with van der Waals surface area (Å²) < 4.78 is 38.4. The molecule has 2 saturated heterocycles. The van der Waals surface area contributed by atoms with Gasteiger partial charge in [0, 0.05) is 37.1 Å². The van der Waals surface area contributed by atoms with Crippen LogP contribution in [-0.4, -0.2) is 70.9 Å². The van der Waals surface area contributed by atoms with Gasteiger partial charge in [0.25, 0.3) is 5.91 Å². The first-order valence-electron chi connectivity index (χ1n) is 11.2. The Morgan fingerprint density at radius 2 is 1.85 bits per heavy atom. The van der Waals surface area contributed by atoms with Crippen molar-refractivity contribution in [2.75, 3.05) is 19.8 Å². The van der Waals surface area contributed by atoms with Gasteiger partial charge in [-0.15, -0.1) is 0 Å². The van der Waals surface area contributed by atoms with E-state index in [2.05, 4.69) is 10.3 Å². The van der Waals surface area contributed by atoms with Gasteiger partial charge < -0.3 is 24.8 Å². The average Bonchev–Trinajstić information content (AvgIpc) is 2.80. The number of β-amino-alcohol motifs (C(OH)–C–C–N with tert-alkyl or cyclic N) is 1. The highest BCUT2D eigenvalue weighted by Crippen LogP contribution is 2.28. The molecule has 1 aromatic carbocycles. The standard InChI is InChI=1S/C24H27F2N3O5/c25-17-7-15(8-18(26)9-17)11-28-23(31)10-20-1-2-21-22(34-20)14-33-13-19(30)12-29(21)24(32)16-3-5-27-6-4-16/h3-9,19-22,30H,1-2,10-14H2,(H,28,31)/t19-,20+,21+,22-/m1/s1. The Hall–Kier alpha value is -2.95. The van der Waals surface area contributed by atoms with E-state index in [1.165, 1.54) is 12.1 Å². The predicted octanol–water partition coefficient (Wildman–Crippen LogP) is 1.82. The van der Waals surface area contributed by atoms with E-state index in [0.29, 0.717) is 24.0 Å². The van der Waals surface area contributed by atoms with Crippen LogP contribution in [0.5, 0.6) is 0 Å². The Morgan fingerprint density at radius 3 is 2.59 bits per heavy atom. The van der Waals surface area contributed by atoms with E-state index in [0.717, 1.165) is 6.07 Å². The normalized spacial score (nSPS) is 25.1. The zero-order chi connectivity index (χ0) is 24.1. The number of fused-ring (bicyclic) bond motifs is 1. The van der Waals surface area contributed by atoms with Crippen molar-refractivity contribution in [3.63, 3.8) is 0 Å². The van der Waals surface area contributed by atoms with E-state index in [1.54, 1.807) is 29.4 Å². The molecule has 3 heterocycles. The van der Waals surface area contributed by atoms with Gasteiger partial charge in [0.2, 0.25) is 5.91 Å². The van der Waals surface area contributed by atoms with Crippen molar-refractivity contribution in [2.45, 2.75) is 50.2 Å². The Morgan fingerprint density at radius 1 is 1.12 bits per heavy atom. The molecular weight excluding hydrogens is 448 g/mol. The molecule has 34 heavy (non-hydrogen) atoms. The fourth-order valence-electron chi connectivity index (χ4n) is 4.43. The SMILES string of the molecule is O=C(C[C@@H]1CC[C@H]2[C@@H](COC[C@H](O)CN2C(=O)c2ccncc2)O1)NCc1cc(F)cc(F)c1. The zero-order valence-electron chi connectivity index (χ0n) is 18.5. The lowest BCUT2D eigenvalue weighted by atomic mass is 9.94. The first-order valence-corrected chi connectivity index (χ1v) is 11.2. The number of hydrogen-bond donors (Lipinski definition) is 2. The molecule has 10 heteroatoms. The summed E-state index contributed by atoms with van der Waals surface area (Å²) in [4.78, 5) is 31.2. The van der Waals surface area contributed by atoms with Crippen LogP contribution in [0.1, 0.15) is 35.2 Å². The van der Waals surface area contributed by atoms with Crippen LogP contribution in [0, 0.1) is 11.6 Å². The van der Waals surface area contributed by atoms with Gasteiger partial charge in [-0.1, -0.05) is 0 Å². The van der Waals surface area contributed by atoms with E-state index in [-0.39, 0.29) is 50.6 Å². The molecule has 2 aromatic rings. The topological polar surface area (TPSA) is 101 Å².